The molecule has 0 unspecified atom stereocenters. The Balaban J connectivity index is 1.54. The molecule has 138 valence electrons. The van der Waals surface area contributed by atoms with Crippen molar-refractivity contribution in [1.82, 2.24) is 5.32 Å². The molecule has 0 aromatic heterocycles. The predicted octanol–water partition coefficient (Wildman–Crippen LogP) is 5.41. The van der Waals surface area contributed by atoms with Gasteiger partial charge < -0.3 is 14.8 Å². The van der Waals surface area contributed by atoms with E-state index in [4.69, 9.17) is 9.47 Å². The zero-order chi connectivity index (χ0) is 18.7. The van der Waals surface area contributed by atoms with Crippen LogP contribution in [0.25, 0.3) is 0 Å². The minimum atomic E-state index is -0.477. The Morgan fingerprint density at radius 3 is 2.58 bits per heavy atom. The van der Waals surface area contributed by atoms with E-state index in [1.54, 1.807) is 0 Å². The molecule has 0 radical (unpaired) electrons. The Bertz CT molecular complexity index is 771. The molecular formula is C21H24BrNO3. The highest BCUT2D eigenvalue weighted by molar-refractivity contribution is 9.10. The highest BCUT2D eigenvalue weighted by Gasteiger charge is 2.40. The van der Waals surface area contributed by atoms with Gasteiger partial charge in [-0.1, -0.05) is 36.4 Å². The Kier molecular flexibility index (Phi) is 5.56. The summed E-state index contributed by atoms with van der Waals surface area (Å²) in [4.78, 5) is 11.9. The highest BCUT2D eigenvalue weighted by atomic mass is 79.9. The Hall–Kier alpha value is -2.01. The normalized spacial score (nSPS) is 18.9. The minimum absolute atomic E-state index is 0.132. The average molecular weight is 418 g/mol. The van der Waals surface area contributed by atoms with Gasteiger partial charge in [0.25, 0.3) is 0 Å². The van der Waals surface area contributed by atoms with Gasteiger partial charge in [-0.25, -0.2) is 4.79 Å². The summed E-state index contributed by atoms with van der Waals surface area (Å²) in [6.45, 7) is 6.12. The zero-order valence-corrected chi connectivity index (χ0v) is 16.9. The molecule has 1 fully saturated rings. The topological polar surface area (TPSA) is 47.6 Å². The number of alkyl carbamates (subject to hydrolysis) is 1. The molecule has 5 heteroatoms. The van der Waals surface area contributed by atoms with Gasteiger partial charge in [0, 0.05) is 12.0 Å². The Morgan fingerprint density at radius 1 is 1.19 bits per heavy atom. The fourth-order valence-corrected chi connectivity index (χ4v) is 3.29. The summed E-state index contributed by atoms with van der Waals surface area (Å²) in [7, 11) is 0. The van der Waals surface area contributed by atoms with Gasteiger partial charge in [0.2, 0.25) is 0 Å². The lowest BCUT2D eigenvalue weighted by Crippen LogP contribution is -2.34. The second-order valence-electron chi connectivity index (χ2n) is 7.56. The second-order valence-corrected chi connectivity index (χ2v) is 8.41. The number of hydrogen-bond donors (Lipinski definition) is 1. The van der Waals surface area contributed by atoms with Crippen LogP contribution in [0.5, 0.6) is 5.75 Å². The third-order valence-electron chi connectivity index (χ3n) is 4.11. The molecule has 1 aliphatic rings. The molecule has 1 amide bonds. The summed E-state index contributed by atoms with van der Waals surface area (Å²) < 4.78 is 12.1. The van der Waals surface area contributed by atoms with Gasteiger partial charge in [0.1, 0.15) is 18.0 Å². The third kappa shape index (κ3) is 5.24. The first-order chi connectivity index (χ1) is 12.3. The zero-order valence-electron chi connectivity index (χ0n) is 15.3. The number of amides is 1. The number of carbonyl (C=O) groups is 1. The quantitative estimate of drug-likeness (QED) is 0.707. The smallest absolute Gasteiger partial charge is 0.407 e. The first kappa shape index (κ1) is 18.8. The maximum absolute atomic E-state index is 11.9. The van der Waals surface area contributed by atoms with Crippen molar-refractivity contribution >= 4 is 22.0 Å². The molecule has 4 nitrogen and oxygen atoms in total. The monoisotopic (exact) mass is 417 g/mol. The lowest BCUT2D eigenvalue weighted by molar-refractivity contribution is 0.0523. The van der Waals surface area contributed by atoms with Crippen LogP contribution in [0.1, 0.15) is 44.2 Å². The minimum Gasteiger partial charge on any atom is -0.488 e. The largest absolute Gasteiger partial charge is 0.488 e. The Labute approximate surface area is 163 Å². The number of ether oxygens (including phenoxy) is 2. The van der Waals surface area contributed by atoms with Crippen LogP contribution in [0, 0.1) is 0 Å². The fourth-order valence-electron chi connectivity index (χ4n) is 2.78. The Morgan fingerprint density at radius 2 is 1.92 bits per heavy atom. The molecule has 2 aromatic rings. The van der Waals surface area contributed by atoms with Gasteiger partial charge >= 0.3 is 6.09 Å². The van der Waals surface area contributed by atoms with Gasteiger partial charge in [-0.05, 0) is 66.4 Å². The van der Waals surface area contributed by atoms with Crippen LogP contribution in [0.3, 0.4) is 0 Å². The van der Waals surface area contributed by atoms with Gasteiger partial charge in [-0.2, -0.15) is 0 Å². The van der Waals surface area contributed by atoms with E-state index in [1.165, 1.54) is 5.56 Å². The number of hydrogen-bond acceptors (Lipinski definition) is 3. The van der Waals surface area contributed by atoms with Crippen LogP contribution in [-0.2, 0) is 11.3 Å². The molecule has 1 N–H and O–H groups in total. The first-order valence-corrected chi connectivity index (χ1v) is 9.57. The van der Waals surface area contributed by atoms with Crippen molar-refractivity contribution in [2.24, 2.45) is 0 Å². The summed E-state index contributed by atoms with van der Waals surface area (Å²) >= 11 is 3.59. The van der Waals surface area contributed by atoms with Crippen LogP contribution < -0.4 is 10.1 Å². The summed E-state index contributed by atoms with van der Waals surface area (Å²) in [5.74, 6) is 1.14. The summed E-state index contributed by atoms with van der Waals surface area (Å²) in [6, 6.07) is 16.3. The average Bonchev–Trinajstić information content (AvgIpc) is 3.31. The number of benzene rings is 2. The number of carbonyl (C=O) groups excluding carboxylic acids is 1. The molecule has 0 saturated heterocycles. The van der Waals surface area contributed by atoms with Gasteiger partial charge in [-0.3, -0.25) is 0 Å². The van der Waals surface area contributed by atoms with Crippen molar-refractivity contribution in [3.8, 4) is 5.75 Å². The van der Waals surface area contributed by atoms with E-state index in [9.17, 15) is 4.79 Å². The maximum atomic E-state index is 11.9. The molecule has 26 heavy (non-hydrogen) atoms. The highest BCUT2D eigenvalue weighted by Crippen LogP contribution is 2.43. The van der Waals surface area contributed by atoms with Gasteiger partial charge in [-0.15, -0.1) is 0 Å². The molecule has 1 aliphatic carbocycles. The van der Waals surface area contributed by atoms with E-state index in [-0.39, 0.29) is 12.1 Å². The van der Waals surface area contributed by atoms with Crippen molar-refractivity contribution in [2.45, 2.75) is 51.4 Å². The molecule has 0 aliphatic heterocycles. The molecule has 3 rings (SSSR count). The van der Waals surface area contributed by atoms with Gasteiger partial charge in [0.15, 0.2) is 0 Å². The summed E-state index contributed by atoms with van der Waals surface area (Å²) in [5.41, 5.74) is 1.84. The summed E-state index contributed by atoms with van der Waals surface area (Å²) in [6.07, 6.45) is 0.572. The molecule has 2 atom stereocenters. The van der Waals surface area contributed by atoms with Crippen molar-refractivity contribution < 1.29 is 14.3 Å². The number of nitrogens with one attached hydrogen (secondary N) is 1. The second kappa shape index (κ2) is 7.70. The predicted molar refractivity (Wildman–Crippen MR) is 105 cm³/mol. The first-order valence-electron chi connectivity index (χ1n) is 8.77. The van der Waals surface area contributed by atoms with Crippen molar-refractivity contribution in [3.63, 3.8) is 0 Å². The van der Waals surface area contributed by atoms with E-state index in [0.717, 1.165) is 22.2 Å². The molecule has 0 heterocycles. The van der Waals surface area contributed by atoms with Crippen LogP contribution >= 0.6 is 15.9 Å². The molecule has 0 spiro atoms. The molecule has 1 saturated carbocycles. The number of halogens is 1. The maximum Gasteiger partial charge on any atom is 0.407 e. The third-order valence-corrected chi connectivity index (χ3v) is 4.73. The van der Waals surface area contributed by atoms with E-state index in [2.05, 4.69) is 33.4 Å². The molecular weight excluding hydrogens is 394 g/mol. The summed E-state index contributed by atoms with van der Waals surface area (Å²) in [5, 5.41) is 2.93. The van der Waals surface area contributed by atoms with Crippen LogP contribution in [0.15, 0.2) is 53.0 Å². The van der Waals surface area contributed by atoms with Crippen molar-refractivity contribution in [2.75, 3.05) is 0 Å². The molecule has 2 aromatic carbocycles. The van der Waals surface area contributed by atoms with Crippen molar-refractivity contribution in [3.05, 3.63) is 64.1 Å². The fraction of sp³-hybridized carbons (Fsp3) is 0.381. The molecule has 0 bridgehead atoms. The van der Waals surface area contributed by atoms with Crippen LogP contribution in [-0.4, -0.2) is 17.7 Å². The van der Waals surface area contributed by atoms with E-state index in [0.29, 0.717) is 12.5 Å². The lowest BCUT2D eigenvalue weighted by atomic mass is 10.1. The standard InChI is InChI=1S/C21H24BrNO3/c1-21(2,3)26-20(24)23-18-12-16(18)15-9-10-19(17(22)11-15)25-13-14-7-5-4-6-8-14/h4-11,16,18H,12-13H2,1-3H3,(H,23,24)/t16-,18+/m0/s1. The van der Waals surface area contributed by atoms with E-state index in [1.807, 2.05) is 57.2 Å². The lowest BCUT2D eigenvalue weighted by Gasteiger charge is -2.19. The number of rotatable bonds is 5. The van der Waals surface area contributed by atoms with E-state index < -0.39 is 5.60 Å². The van der Waals surface area contributed by atoms with Crippen molar-refractivity contribution in [1.29, 1.82) is 0 Å². The van der Waals surface area contributed by atoms with E-state index >= 15 is 0 Å². The van der Waals surface area contributed by atoms with Crippen LogP contribution in [0.4, 0.5) is 4.79 Å². The van der Waals surface area contributed by atoms with Crippen LogP contribution in [0.2, 0.25) is 0 Å². The SMILES string of the molecule is CC(C)(C)OC(=O)N[C@@H]1C[C@H]1c1ccc(OCc2ccccc2)c(Br)c1. The van der Waals surface area contributed by atoms with Gasteiger partial charge in [0.05, 0.1) is 4.47 Å².